The van der Waals surface area contributed by atoms with Crippen molar-refractivity contribution in [1.82, 2.24) is 0 Å². The molecule has 0 aromatic heterocycles. The van der Waals surface area contributed by atoms with E-state index in [2.05, 4.69) is 13.5 Å². The molecule has 22 heavy (non-hydrogen) atoms. The number of carboxylic acid groups (broad SMARTS) is 1. The van der Waals surface area contributed by atoms with Crippen LogP contribution in [-0.2, 0) is 4.79 Å². The van der Waals surface area contributed by atoms with Crippen LogP contribution in [-0.4, -0.2) is 22.3 Å². The summed E-state index contributed by atoms with van der Waals surface area (Å²) in [5.74, 6) is 0.745. The molecule has 0 aromatic carbocycles. The zero-order chi connectivity index (χ0) is 16.1. The number of carbonyl (C=O) groups is 1. The van der Waals surface area contributed by atoms with Gasteiger partial charge >= 0.3 is 5.97 Å². The van der Waals surface area contributed by atoms with Crippen LogP contribution in [0.5, 0.6) is 0 Å². The maximum absolute atomic E-state index is 11.9. The summed E-state index contributed by atoms with van der Waals surface area (Å²) < 4.78 is 0. The molecule has 1 unspecified atom stereocenters. The molecule has 3 nitrogen and oxygen atoms in total. The fourth-order valence-electron chi connectivity index (χ4n) is 5.99. The number of rotatable bonds is 1. The largest absolute Gasteiger partial charge is 0.481 e. The molecule has 0 radical (unpaired) electrons. The van der Waals surface area contributed by atoms with Crippen molar-refractivity contribution in [3.8, 4) is 0 Å². The van der Waals surface area contributed by atoms with Crippen LogP contribution in [0.3, 0.4) is 0 Å². The van der Waals surface area contributed by atoms with Crippen LogP contribution in [0.15, 0.2) is 12.2 Å². The highest BCUT2D eigenvalue weighted by molar-refractivity contribution is 5.74. The van der Waals surface area contributed by atoms with Gasteiger partial charge in [-0.3, -0.25) is 4.79 Å². The van der Waals surface area contributed by atoms with Gasteiger partial charge in [0.1, 0.15) is 0 Å². The van der Waals surface area contributed by atoms with Crippen LogP contribution in [0.1, 0.15) is 65.2 Å². The Kier molecular flexibility index (Phi) is 3.91. The van der Waals surface area contributed by atoms with E-state index in [1.807, 2.05) is 6.92 Å². The first-order valence-electron chi connectivity index (χ1n) is 8.87. The first kappa shape index (κ1) is 16.0. The predicted molar refractivity (Wildman–Crippen MR) is 86.4 cm³/mol. The fourth-order valence-corrected chi connectivity index (χ4v) is 5.99. The van der Waals surface area contributed by atoms with Crippen molar-refractivity contribution in [2.45, 2.75) is 71.3 Å². The number of fused-ring (bicyclic) bond motifs is 3. The van der Waals surface area contributed by atoms with Crippen molar-refractivity contribution in [3.63, 3.8) is 0 Å². The smallest absolute Gasteiger partial charge is 0.309 e. The molecule has 3 aliphatic carbocycles. The van der Waals surface area contributed by atoms with Crippen LogP contribution in [0.4, 0.5) is 0 Å². The molecule has 3 aliphatic rings. The highest BCUT2D eigenvalue weighted by atomic mass is 16.4. The number of aliphatic carboxylic acids is 1. The summed E-state index contributed by atoms with van der Waals surface area (Å²) in [5, 5.41) is 20.0. The van der Waals surface area contributed by atoms with Gasteiger partial charge < -0.3 is 10.2 Å². The second kappa shape index (κ2) is 5.36. The second-order valence-corrected chi connectivity index (χ2v) is 8.61. The van der Waals surface area contributed by atoms with E-state index in [-0.39, 0.29) is 11.5 Å². The molecule has 0 heterocycles. The first-order valence-corrected chi connectivity index (χ1v) is 8.87. The van der Waals surface area contributed by atoms with Crippen molar-refractivity contribution in [1.29, 1.82) is 0 Å². The summed E-state index contributed by atoms with van der Waals surface area (Å²) in [7, 11) is 0. The lowest BCUT2D eigenvalue weighted by Gasteiger charge is -2.55. The molecule has 3 saturated carbocycles. The van der Waals surface area contributed by atoms with Crippen LogP contribution in [0, 0.1) is 28.6 Å². The highest BCUT2D eigenvalue weighted by Crippen LogP contribution is 2.61. The Morgan fingerprint density at radius 2 is 1.86 bits per heavy atom. The molecule has 124 valence electrons. The number of hydrogen-bond donors (Lipinski definition) is 2. The van der Waals surface area contributed by atoms with Crippen molar-refractivity contribution in [2.75, 3.05) is 0 Å². The molecule has 0 amide bonds. The van der Waals surface area contributed by atoms with E-state index in [0.29, 0.717) is 17.8 Å². The van der Waals surface area contributed by atoms with E-state index in [1.165, 1.54) is 0 Å². The minimum atomic E-state index is -0.608. The Morgan fingerprint density at radius 3 is 2.55 bits per heavy atom. The van der Waals surface area contributed by atoms with Crippen LogP contribution in [0.25, 0.3) is 0 Å². The molecule has 2 N–H and O–H groups in total. The third kappa shape index (κ3) is 2.33. The average Bonchev–Trinajstić information content (AvgIpc) is 2.56. The molecule has 3 fully saturated rings. The minimum Gasteiger partial charge on any atom is -0.481 e. The quantitative estimate of drug-likeness (QED) is 0.720. The molecular formula is C19H30O3. The maximum Gasteiger partial charge on any atom is 0.309 e. The van der Waals surface area contributed by atoms with E-state index in [1.54, 1.807) is 0 Å². The Morgan fingerprint density at radius 1 is 1.14 bits per heavy atom. The number of hydrogen-bond acceptors (Lipinski definition) is 2. The summed E-state index contributed by atoms with van der Waals surface area (Å²) in [6, 6.07) is 0. The molecule has 0 aliphatic heterocycles. The lowest BCUT2D eigenvalue weighted by molar-refractivity contribution is -0.162. The summed E-state index contributed by atoms with van der Waals surface area (Å²) in [5.41, 5.74) is 0.638. The highest BCUT2D eigenvalue weighted by Gasteiger charge is 2.56. The van der Waals surface area contributed by atoms with Gasteiger partial charge in [-0.05, 0) is 80.6 Å². The van der Waals surface area contributed by atoms with Gasteiger partial charge in [0, 0.05) is 0 Å². The van der Waals surface area contributed by atoms with Gasteiger partial charge in [0.25, 0.3) is 0 Å². The minimum absolute atomic E-state index is 0.201. The van der Waals surface area contributed by atoms with Gasteiger partial charge in [0.15, 0.2) is 0 Å². The number of aliphatic hydroxyl groups excluding tert-OH is 1. The lowest BCUT2D eigenvalue weighted by atomic mass is 9.48. The van der Waals surface area contributed by atoms with E-state index in [9.17, 15) is 15.0 Å². The molecule has 3 heteroatoms. The van der Waals surface area contributed by atoms with Gasteiger partial charge in [-0.2, -0.15) is 0 Å². The second-order valence-electron chi connectivity index (χ2n) is 8.61. The van der Waals surface area contributed by atoms with E-state index >= 15 is 0 Å². The van der Waals surface area contributed by atoms with Gasteiger partial charge in [-0.1, -0.05) is 19.9 Å². The molecule has 0 saturated heterocycles. The van der Waals surface area contributed by atoms with Crippen molar-refractivity contribution in [2.24, 2.45) is 28.6 Å². The lowest BCUT2D eigenvalue weighted by Crippen LogP contribution is -2.51. The van der Waals surface area contributed by atoms with Crippen LogP contribution >= 0.6 is 0 Å². The van der Waals surface area contributed by atoms with Crippen molar-refractivity contribution in [3.05, 3.63) is 12.2 Å². The van der Waals surface area contributed by atoms with E-state index < -0.39 is 11.4 Å². The number of carboxylic acids is 1. The third-order valence-electron chi connectivity index (χ3n) is 7.35. The Bertz CT molecular complexity index is 485. The average molecular weight is 306 g/mol. The molecule has 0 aromatic rings. The van der Waals surface area contributed by atoms with Gasteiger partial charge in [-0.15, -0.1) is 0 Å². The van der Waals surface area contributed by atoms with E-state index in [0.717, 1.165) is 56.9 Å². The third-order valence-corrected chi connectivity index (χ3v) is 7.35. The predicted octanol–water partition coefficient (Wildman–Crippen LogP) is 4.01. The Balaban J connectivity index is 1.92. The normalized spacial score (nSPS) is 49.0. The van der Waals surface area contributed by atoms with Gasteiger partial charge in [-0.25, -0.2) is 0 Å². The van der Waals surface area contributed by atoms with E-state index in [4.69, 9.17) is 0 Å². The molecule has 6 atom stereocenters. The summed E-state index contributed by atoms with van der Waals surface area (Å²) >= 11 is 0. The molecule has 3 rings (SSSR count). The van der Waals surface area contributed by atoms with Gasteiger partial charge in [0.05, 0.1) is 11.5 Å². The fraction of sp³-hybridized carbons (Fsp3) is 0.842. The summed E-state index contributed by atoms with van der Waals surface area (Å²) in [4.78, 5) is 11.9. The van der Waals surface area contributed by atoms with Crippen molar-refractivity contribution >= 4 is 5.97 Å². The Hall–Kier alpha value is -0.830. The zero-order valence-corrected chi connectivity index (χ0v) is 14.0. The molecule has 0 bridgehead atoms. The summed E-state index contributed by atoms with van der Waals surface area (Å²) in [6.07, 6.45) is 7.47. The van der Waals surface area contributed by atoms with Crippen molar-refractivity contribution < 1.29 is 15.0 Å². The number of aliphatic hydroxyl groups is 1. The first-order chi connectivity index (χ1) is 10.3. The topological polar surface area (TPSA) is 57.5 Å². The summed E-state index contributed by atoms with van der Waals surface area (Å²) in [6.45, 7) is 8.43. The maximum atomic E-state index is 11.9. The standard InChI is InChI=1S/C19H30O3/c1-12-11-18(2)10-8-15-13(14(18)6-7-16(12)20)5-4-9-19(15,3)17(21)22/h13-16,20H,1,4-11H2,2-3H3,(H,21,22)/t13?,14-,15-,16+,18+,19+/m0/s1. The van der Waals surface area contributed by atoms with Crippen LogP contribution < -0.4 is 0 Å². The SMILES string of the molecule is C=C1C[C@@]2(C)CC[C@H]3C(CCC[C@@]3(C)C(=O)O)[C@@H]2CC[C@H]1O. The molecular weight excluding hydrogens is 276 g/mol. The Labute approximate surface area is 133 Å². The molecule has 0 spiro atoms. The van der Waals surface area contributed by atoms with Crippen LogP contribution in [0.2, 0.25) is 0 Å². The zero-order valence-electron chi connectivity index (χ0n) is 14.0. The van der Waals surface area contributed by atoms with Gasteiger partial charge in [0.2, 0.25) is 0 Å². The monoisotopic (exact) mass is 306 g/mol.